The summed E-state index contributed by atoms with van der Waals surface area (Å²) in [6.45, 7) is 3.74. The molecule has 2 aliphatic rings. The fourth-order valence-electron chi connectivity index (χ4n) is 3.59. The van der Waals surface area contributed by atoms with E-state index in [2.05, 4.69) is 37.0 Å². The molecule has 0 radical (unpaired) electrons. The van der Waals surface area contributed by atoms with Crippen molar-refractivity contribution in [1.82, 2.24) is 19.9 Å². The van der Waals surface area contributed by atoms with Gasteiger partial charge in [0.1, 0.15) is 12.1 Å². The monoisotopic (exact) mass is 388 g/mol. The van der Waals surface area contributed by atoms with Crippen LogP contribution in [0.15, 0.2) is 48.0 Å². The minimum absolute atomic E-state index is 0.489. The van der Waals surface area contributed by atoms with Crippen molar-refractivity contribution in [2.45, 2.75) is 6.54 Å². The van der Waals surface area contributed by atoms with Crippen molar-refractivity contribution in [2.24, 2.45) is 4.99 Å². The SMILES string of the molecule is COc1cncc(-c2ccc3c(c2)C(c2cc(N4CCOCC4)ncn2)=NC3)n1. The van der Waals surface area contributed by atoms with Crippen LogP contribution in [0.1, 0.15) is 16.8 Å². The Balaban J connectivity index is 1.49. The summed E-state index contributed by atoms with van der Waals surface area (Å²) in [5.74, 6) is 1.40. The second kappa shape index (κ2) is 7.56. The van der Waals surface area contributed by atoms with Gasteiger partial charge in [0, 0.05) is 30.3 Å². The first kappa shape index (κ1) is 17.7. The number of methoxy groups -OCH3 is 1. The van der Waals surface area contributed by atoms with Crippen molar-refractivity contribution in [3.05, 3.63) is 59.8 Å². The molecule has 0 aliphatic carbocycles. The maximum atomic E-state index is 5.44. The number of fused-ring (bicyclic) bond motifs is 1. The molecule has 0 bridgehead atoms. The van der Waals surface area contributed by atoms with Crippen LogP contribution in [0.3, 0.4) is 0 Å². The minimum atomic E-state index is 0.489. The minimum Gasteiger partial charge on any atom is -0.480 e. The number of morpholine rings is 1. The van der Waals surface area contributed by atoms with Gasteiger partial charge < -0.3 is 14.4 Å². The predicted molar refractivity (Wildman–Crippen MR) is 108 cm³/mol. The van der Waals surface area contributed by atoms with Crippen LogP contribution in [-0.4, -0.2) is 59.1 Å². The van der Waals surface area contributed by atoms with Crippen molar-refractivity contribution in [3.8, 4) is 17.1 Å². The van der Waals surface area contributed by atoms with Gasteiger partial charge in [-0.3, -0.25) is 9.98 Å². The van der Waals surface area contributed by atoms with Gasteiger partial charge in [-0.1, -0.05) is 12.1 Å². The zero-order valence-corrected chi connectivity index (χ0v) is 16.1. The van der Waals surface area contributed by atoms with Gasteiger partial charge in [0.15, 0.2) is 0 Å². The molecule has 0 unspecified atom stereocenters. The Bertz CT molecular complexity index is 1080. The molecule has 2 aromatic heterocycles. The molecule has 29 heavy (non-hydrogen) atoms. The van der Waals surface area contributed by atoms with Crippen LogP contribution in [0.4, 0.5) is 5.82 Å². The summed E-state index contributed by atoms with van der Waals surface area (Å²) < 4.78 is 10.6. The van der Waals surface area contributed by atoms with Crippen molar-refractivity contribution in [3.63, 3.8) is 0 Å². The lowest BCUT2D eigenvalue weighted by atomic mass is 9.99. The van der Waals surface area contributed by atoms with Gasteiger partial charge in [-0.15, -0.1) is 0 Å². The Morgan fingerprint density at radius 3 is 2.79 bits per heavy atom. The molecule has 1 aromatic carbocycles. The zero-order chi connectivity index (χ0) is 19.6. The highest BCUT2D eigenvalue weighted by Crippen LogP contribution is 2.28. The standard InChI is InChI=1S/C21H20N6O2/c1-28-20-12-22-11-18(26-20)14-2-3-15-10-23-21(16(15)8-14)17-9-19(25-13-24-17)27-4-6-29-7-5-27/h2-3,8-9,11-13H,4-7,10H2,1H3. The Hall–Kier alpha value is -3.39. The molecule has 0 N–H and O–H groups in total. The highest BCUT2D eigenvalue weighted by Gasteiger charge is 2.21. The van der Waals surface area contributed by atoms with Crippen molar-refractivity contribution in [1.29, 1.82) is 0 Å². The molecule has 8 heteroatoms. The van der Waals surface area contributed by atoms with E-state index in [1.807, 2.05) is 12.1 Å². The summed E-state index contributed by atoms with van der Waals surface area (Å²) in [6.07, 6.45) is 4.94. The van der Waals surface area contributed by atoms with E-state index in [0.717, 1.165) is 47.1 Å². The third-order valence-corrected chi connectivity index (χ3v) is 5.12. The molecule has 0 saturated carbocycles. The van der Waals surface area contributed by atoms with Crippen LogP contribution in [-0.2, 0) is 11.3 Å². The fraction of sp³-hybridized carbons (Fsp3) is 0.286. The average Bonchev–Trinajstić information content (AvgIpc) is 3.23. The molecule has 1 saturated heterocycles. The lowest BCUT2D eigenvalue weighted by Gasteiger charge is -2.27. The molecule has 3 aromatic rings. The number of anilines is 1. The number of nitrogens with zero attached hydrogens (tertiary/aromatic N) is 6. The first-order chi connectivity index (χ1) is 14.3. The number of hydrogen-bond acceptors (Lipinski definition) is 8. The summed E-state index contributed by atoms with van der Waals surface area (Å²) in [6, 6.07) is 8.24. The van der Waals surface area contributed by atoms with Gasteiger partial charge in [-0.25, -0.2) is 15.0 Å². The summed E-state index contributed by atoms with van der Waals surface area (Å²) in [5.41, 5.74) is 5.68. The molecule has 146 valence electrons. The second-order valence-corrected chi connectivity index (χ2v) is 6.84. The van der Waals surface area contributed by atoms with Crippen molar-refractivity contribution < 1.29 is 9.47 Å². The summed E-state index contributed by atoms with van der Waals surface area (Å²) in [5, 5.41) is 0. The maximum Gasteiger partial charge on any atom is 0.232 e. The third kappa shape index (κ3) is 3.42. The molecular weight excluding hydrogens is 368 g/mol. The van der Waals surface area contributed by atoms with E-state index in [-0.39, 0.29) is 0 Å². The fourth-order valence-corrected chi connectivity index (χ4v) is 3.59. The van der Waals surface area contributed by atoms with Gasteiger partial charge in [0.25, 0.3) is 0 Å². The second-order valence-electron chi connectivity index (χ2n) is 6.84. The largest absolute Gasteiger partial charge is 0.480 e. The molecule has 0 amide bonds. The normalized spacial score (nSPS) is 15.8. The summed E-state index contributed by atoms with van der Waals surface area (Å²) in [4.78, 5) is 24.6. The number of hydrogen-bond donors (Lipinski definition) is 0. The maximum absolute atomic E-state index is 5.44. The predicted octanol–water partition coefficient (Wildman–Crippen LogP) is 2.13. The number of aliphatic imine (C=N–C) groups is 1. The number of benzene rings is 1. The first-order valence-corrected chi connectivity index (χ1v) is 9.51. The molecular formula is C21H20N6O2. The number of rotatable bonds is 4. The summed E-state index contributed by atoms with van der Waals surface area (Å²) >= 11 is 0. The van der Waals surface area contributed by atoms with E-state index in [0.29, 0.717) is 25.6 Å². The first-order valence-electron chi connectivity index (χ1n) is 9.51. The molecule has 8 nitrogen and oxygen atoms in total. The average molecular weight is 388 g/mol. The van der Waals surface area contributed by atoms with E-state index in [9.17, 15) is 0 Å². The van der Waals surface area contributed by atoms with Gasteiger partial charge in [-0.2, -0.15) is 0 Å². The van der Waals surface area contributed by atoms with Crippen molar-refractivity contribution in [2.75, 3.05) is 38.3 Å². The summed E-state index contributed by atoms with van der Waals surface area (Å²) in [7, 11) is 1.59. The van der Waals surface area contributed by atoms with E-state index >= 15 is 0 Å². The zero-order valence-electron chi connectivity index (χ0n) is 16.1. The van der Waals surface area contributed by atoms with E-state index < -0.39 is 0 Å². The van der Waals surface area contributed by atoms with E-state index in [1.165, 1.54) is 5.56 Å². The topological polar surface area (TPSA) is 85.6 Å². The lowest BCUT2D eigenvalue weighted by molar-refractivity contribution is 0.122. The molecule has 5 rings (SSSR count). The van der Waals surface area contributed by atoms with Crippen molar-refractivity contribution >= 4 is 11.5 Å². The molecule has 0 atom stereocenters. The van der Waals surface area contributed by atoms with Crippen LogP contribution in [0.2, 0.25) is 0 Å². The smallest absolute Gasteiger partial charge is 0.232 e. The molecule has 0 spiro atoms. The van der Waals surface area contributed by atoms with Crippen LogP contribution < -0.4 is 9.64 Å². The Labute approximate surface area is 168 Å². The highest BCUT2D eigenvalue weighted by atomic mass is 16.5. The van der Waals surface area contributed by atoms with Crippen LogP contribution in [0.25, 0.3) is 11.3 Å². The van der Waals surface area contributed by atoms with Crippen LogP contribution >= 0.6 is 0 Å². The van der Waals surface area contributed by atoms with Gasteiger partial charge in [-0.05, 0) is 11.6 Å². The van der Waals surface area contributed by atoms with Crippen LogP contribution in [0, 0.1) is 0 Å². The number of aromatic nitrogens is 4. The quantitative estimate of drug-likeness (QED) is 0.677. The van der Waals surface area contributed by atoms with E-state index in [1.54, 1.807) is 25.8 Å². The Morgan fingerprint density at radius 1 is 1.03 bits per heavy atom. The molecule has 1 fully saturated rings. The third-order valence-electron chi connectivity index (χ3n) is 5.12. The van der Waals surface area contributed by atoms with E-state index in [4.69, 9.17) is 14.5 Å². The highest BCUT2D eigenvalue weighted by molar-refractivity contribution is 6.14. The van der Waals surface area contributed by atoms with Gasteiger partial charge in [0.2, 0.25) is 5.88 Å². The van der Waals surface area contributed by atoms with Crippen LogP contribution in [0.5, 0.6) is 5.88 Å². The molecule has 4 heterocycles. The Kier molecular flexibility index (Phi) is 4.61. The Morgan fingerprint density at radius 2 is 1.93 bits per heavy atom. The molecule has 2 aliphatic heterocycles. The number of ether oxygens (including phenoxy) is 2. The van der Waals surface area contributed by atoms with Gasteiger partial charge in [0.05, 0.1) is 56.4 Å². The lowest BCUT2D eigenvalue weighted by Crippen LogP contribution is -2.36. The van der Waals surface area contributed by atoms with Gasteiger partial charge >= 0.3 is 0 Å².